The van der Waals surface area contributed by atoms with E-state index in [4.69, 9.17) is 9.88 Å². The highest BCUT2D eigenvalue weighted by molar-refractivity contribution is 7.89. The molecule has 150 valence electrons. The summed E-state index contributed by atoms with van der Waals surface area (Å²) in [6.07, 6.45) is -0.250. The molecule has 29 heavy (non-hydrogen) atoms. The zero-order valence-electron chi connectivity index (χ0n) is 14.9. The summed E-state index contributed by atoms with van der Waals surface area (Å²) < 4.78 is 55.8. The Hall–Kier alpha value is -3.30. The number of ether oxygens (including phenoxy) is 1. The van der Waals surface area contributed by atoms with Gasteiger partial charge in [0.1, 0.15) is 23.1 Å². The van der Waals surface area contributed by atoms with Gasteiger partial charge in [-0.2, -0.15) is 0 Å². The van der Waals surface area contributed by atoms with Crippen LogP contribution in [0, 0.1) is 11.6 Å². The molecule has 6 nitrogen and oxygen atoms in total. The van der Waals surface area contributed by atoms with Crippen LogP contribution in [0.4, 0.5) is 14.5 Å². The standard InChI is InChI=1S/C20H16F2N2O4S/c21-14-5-7-16(8-6-14)28-17-10-15(11-18(12-17)29(23,26)27)24-20(25)9-13-3-1-2-4-19(13)22/h1-8,10-12H,9H2,(H,24,25)(H2,23,26,27). The summed E-state index contributed by atoms with van der Waals surface area (Å²) >= 11 is 0. The highest BCUT2D eigenvalue weighted by atomic mass is 32.2. The first-order valence-corrected chi connectivity index (χ1v) is 9.90. The number of benzene rings is 3. The number of rotatable bonds is 6. The van der Waals surface area contributed by atoms with Crippen molar-refractivity contribution in [3.63, 3.8) is 0 Å². The van der Waals surface area contributed by atoms with E-state index in [1.54, 1.807) is 6.07 Å². The maximum Gasteiger partial charge on any atom is 0.238 e. The number of halogens is 2. The summed E-state index contributed by atoms with van der Waals surface area (Å²) in [4.78, 5) is 12.0. The molecule has 0 unspecified atom stereocenters. The minimum absolute atomic E-state index is 0.0596. The Morgan fingerprint density at radius 3 is 2.31 bits per heavy atom. The van der Waals surface area contributed by atoms with Gasteiger partial charge in [-0.25, -0.2) is 22.3 Å². The molecule has 0 aliphatic heterocycles. The van der Waals surface area contributed by atoms with Crippen LogP contribution in [0.15, 0.2) is 71.6 Å². The van der Waals surface area contributed by atoms with Gasteiger partial charge in [-0.05, 0) is 42.0 Å². The van der Waals surface area contributed by atoms with Crippen LogP contribution >= 0.6 is 0 Å². The van der Waals surface area contributed by atoms with Gasteiger partial charge in [0.15, 0.2) is 0 Å². The van der Waals surface area contributed by atoms with E-state index in [1.807, 2.05) is 0 Å². The van der Waals surface area contributed by atoms with Crippen LogP contribution in [0.5, 0.6) is 11.5 Å². The number of amides is 1. The van der Waals surface area contributed by atoms with Crippen molar-refractivity contribution in [1.82, 2.24) is 0 Å². The fraction of sp³-hybridized carbons (Fsp3) is 0.0500. The van der Waals surface area contributed by atoms with Crippen molar-refractivity contribution in [3.8, 4) is 11.5 Å². The average molecular weight is 418 g/mol. The van der Waals surface area contributed by atoms with Crippen molar-refractivity contribution in [2.75, 3.05) is 5.32 Å². The molecule has 0 atom stereocenters. The Morgan fingerprint density at radius 2 is 1.66 bits per heavy atom. The maximum absolute atomic E-state index is 13.7. The molecule has 0 aromatic heterocycles. The minimum Gasteiger partial charge on any atom is -0.457 e. The van der Waals surface area contributed by atoms with Crippen LogP contribution in [0.2, 0.25) is 0 Å². The van der Waals surface area contributed by atoms with Crippen LogP contribution < -0.4 is 15.2 Å². The third-order valence-corrected chi connectivity index (χ3v) is 4.74. The third-order valence-electron chi connectivity index (χ3n) is 3.85. The van der Waals surface area contributed by atoms with Crippen LogP contribution in [0.1, 0.15) is 5.56 Å². The average Bonchev–Trinajstić information content (AvgIpc) is 2.64. The second kappa shape index (κ2) is 8.38. The molecule has 0 aliphatic rings. The lowest BCUT2D eigenvalue weighted by atomic mass is 10.1. The topological polar surface area (TPSA) is 98.5 Å². The van der Waals surface area contributed by atoms with Crippen molar-refractivity contribution >= 4 is 21.6 Å². The Balaban J connectivity index is 1.86. The smallest absolute Gasteiger partial charge is 0.238 e. The Labute approximate surface area is 166 Å². The van der Waals surface area contributed by atoms with Gasteiger partial charge in [-0.15, -0.1) is 0 Å². The molecule has 3 aromatic carbocycles. The second-order valence-electron chi connectivity index (χ2n) is 6.11. The van der Waals surface area contributed by atoms with Crippen LogP contribution in [0.25, 0.3) is 0 Å². The molecule has 0 bridgehead atoms. The van der Waals surface area contributed by atoms with Crippen molar-refractivity contribution in [2.24, 2.45) is 5.14 Å². The minimum atomic E-state index is -4.10. The molecule has 0 radical (unpaired) electrons. The van der Waals surface area contributed by atoms with E-state index in [0.717, 1.165) is 6.07 Å². The summed E-state index contributed by atoms with van der Waals surface area (Å²) in [5, 5.41) is 7.69. The molecule has 3 rings (SSSR count). The largest absolute Gasteiger partial charge is 0.457 e. The van der Waals surface area contributed by atoms with E-state index >= 15 is 0 Å². The summed E-state index contributed by atoms with van der Waals surface area (Å²) in [7, 11) is -4.10. The van der Waals surface area contributed by atoms with Crippen molar-refractivity contribution in [2.45, 2.75) is 11.3 Å². The third kappa shape index (κ3) is 5.59. The molecule has 0 aliphatic carbocycles. The SMILES string of the molecule is NS(=O)(=O)c1cc(NC(=O)Cc2ccccc2F)cc(Oc2ccc(F)cc2)c1. The molecule has 0 spiro atoms. The summed E-state index contributed by atoms with van der Waals surface area (Å²) in [6, 6.07) is 14.6. The second-order valence-corrected chi connectivity index (χ2v) is 7.67. The number of hydrogen-bond donors (Lipinski definition) is 2. The Bertz CT molecular complexity index is 1150. The number of carbonyl (C=O) groups is 1. The molecule has 3 N–H and O–H groups in total. The van der Waals surface area contributed by atoms with E-state index in [-0.39, 0.29) is 34.1 Å². The normalized spacial score (nSPS) is 11.1. The van der Waals surface area contributed by atoms with E-state index in [0.29, 0.717) is 0 Å². The Morgan fingerprint density at radius 1 is 0.966 bits per heavy atom. The molecular weight excluding hydrogens is 402 g/mol. The van der Waals surface area contributed by atoms with Crippen LogP contribution in [-0.4, -0.2) is 14.3 Å². The van der Waals surface area contributed by atoms with Crippen LogP contribution in [0.3, 0.4) is 0 Å². The number of hydrogen-bond acceptors (Lipinski definition) is 4. The first-order valence-electron chi connectivity index (χ1n) is 8.35. The number of nitrogens with two attached hydrogens (primary N) is 1. The predicted octanol–water partition coefficient (Wildman–Crippen LogP) is 3.59. The van der Waals surface area contributed by atoms with Crippen molar-refractivity contribution < 1.29 is 26.7 Å². The molecule has 9 heteroatoms. The van der Waals surface area contributed by atoms with Gasteiger partial charge >= 0.3 is 0 Å². The number of carbonyl (C=O) groups excluding carboxylic acids is 1. The molecule has 0 saturated carbocycles. The van der Waals surface area contributed by atoms with Gasteiger partial charge in [-0.1, -0.05) is 18.2 Å². The maximum atomic E-state index is 13.7. The van der Waals surface area contributed by atoms with E-state index in [9.17, 15) is 22.0 Å². The predicted molar refractivity (Wildman–Crippen MR) is 103 cm³/mol. The summed E-state index contributed by atoms with van der Waals surface area (Å²) in [6.45, 7) is 0. The lowest BCUT2D eigenvalue weighted by Gasteiger charge is -2.12. The highest BCUT2D eigenvalue weighted by Gasteiger charge is 2.15. The highest BCUT2D eigenvalue weighted by Crippen LogP contribution is 2.28. The molecular formula is C20H16F2N2O4S. The molecule has 0 fully saturated rings. The fourth-order valence-corrected chi connectivity index (χ4v) is 3.10. The van der Waals surface area contributed by atoms with E-state index in [1.165, 1.54) is 54.6 Å². The lowest BCUT2D eigenvalue weighted by Crippen LogP contribution is -2.17. The lowest BCUT2D eigenvalue weighted by molar-refractivity contribution is -0.115. The van der Waals surface area contributed by atoms with Gasteiger partial charge in [0.05, 0.1) is 11.3 Å². The first-order chi connectivity index (χ1) is 13.7. The van der Waals surface area contributed by atoms with E-state index in [2.05, 4.69) is 5.32 Å². The van der Waals surface area contributed by atoms with E-state index < -0.39 is 27.6 Å². The van der Waals surface area contributed by atoms with Crippen LogP contribution in [-0.2, 0) is 21.2 Å². The number of anilines is 1. The quantitative estimate of drug-likeness (QED) is 0.639. The molecule has 0 heterocycles. The van der Waals surface area contributed by atoms with Gasteiger partial charge < -0.3 is 10.1 Å². The first kappa shape index (κ1) is 20.4. The number of primary sulfonamides is 1. The van der Waals surface area contributed by atoms with Crippen molar-refractivity contribution in [1.29, 1.82) is 0 Å². The molecule has 0 saturated heterocycles. The number of sulfonamides is 1. The zero-order chi connectivity index (χ0) is 21.0. The van der Waals surface area contributed by atoms with Gasteiger partial charge in [0.2, 0.25) is 15.9 Å². The van der Waals surface area contributed by atoms with Gasteiger partial charge in [0, 0.05) is 17.8 Å². The molecule has 3 aromatic rings. The fourth-order valence-electron chi connectivity index (χ4n) is 2.53. The monoisotopic (exact) mass is 418 g/mol. The number of nitrogens with one attached hydrogen (secondary N) is 1. The summed E-state index contributed by atoms with van der Waals surface area (Å²) in [5.74, 6) is -1.24. The zero-order valence-corrected chi connectivity index (χ0v) is 15.7. The van der Waals surface area contributed by atoms with Crippen molar-refractivity contribution in [3.05, 3.63) is 83.9 Å². The van der Waals surface area contributed by atoms with Gasteiger partial charge in [0.25, 0.3) is 0 Å². The van der Waals surface area contributed by atoms with Gasteiger partial charge in [-0.3, -0.25) is 4.79 Å². The summed E-state index contributed by atoms with van der Waals surface area (Å²) in [5.41, 5.74) is 0.283. The molecule has 1 amide bonds. The Kier molecular flexibility index (Phi) is 5.90.